The first kappa shape index (κ1) is 23.2. The molecule has 2 aromatic carbocycles. The summed E-state index contributed by atoms with van der Waals surface area (Å²) in [7, 11) is 0. The number of hydrogen-bond donors (Lipinski definition) is 1. The fourth-order valence-corrected chi connectivity index (χ4v) is 4.79. The Kier molecular flexibility index (Phi) is 6.37. The van der Waals surface area contributed by atoms with Gasteiger partial charge in [0.05, 0.1) is 5.69 Å². The molecule has 3 aromatic rings. The van der Waals surface area contributed by atoms with Crippen LogP contribution in [-0.2, 0) is 18.8 Å². The third kappa shape index (κ3) is 5.11. The highest BCUT2D eigenvalue weighted by molar-refractivity contribution is 5.78. The molecule has 0 unspecified atom stereocenters. The summed E-state index contributed by atoms with van der Waals surface area (Å²) in [6.45, 7) is 5.89. The van der Waals surface area contributed by atoms with E-state index in [1.165, 1.54) is 42.5 Å². The van der Waals surface area contributed by atoms with E-state index in [1.54, 1.807) is 12.1 Å². The first-order valence-electron chi connectivity index (χ1n) is 12.3. The number of aliphatic imine (C=N–C) groups is 1. The molecule has 0 amide bonds. The first-order valence-corrected chi connectivity index (χ1v) is 12.3. The Morgan fingerprint density at radius 3 is 2.66 bits per heavy atom. The van der Waals surface area contributed by atoms with Crippen molar-refractivity contribution in [3.8, 4) is 11.3 Å². The van der Waals surface area contributed by atoms with Crippen LogP contribution < -0.4 is 10.2 Å². The van der Waals surface area contributed by atoms with E-state index >= 15 is 0 Å². The minimum absolute atomic E-state index is 0.0316. The number of alkyl halides is 2. The van der Waals surface area contributed by atoms with Gasteiger partial charge in [0.15, 0.2) is 5.82 Å². The van der Waals surface area contributed by atoms with E-state index in [0.717, 1.165) is 37.6 Å². The molecule has 4 nitrogen and oxygen atoms in total. The third-order valence-electron chi connectivity index (χ3n) is 6.70. The number of halogens is 2. The van der Waals surface area contributed by atoms with Gasteiger partial charge in [-0.05, 0) is 67.1 Å². The van der Waals surface area contributed by atoms with E-state index < -0.39 is 5.92 Å². The molecule has 0 saturated carbocycles. The Labute approximate surface area is 205 Å². The molecule has 6 heteroatoms. The standard InChI is InChI=1S/C29H30F2N4/c1-20(33-25-13-12-21-8-4-3-5-9-22(21)19-25)35-17-7-16-32-27-15-14-26(34-28(27)35)23-10-6-11-24(18-23)29(2,30)31/h6,10-16,18-19,33H,1,3-5,7-9,17H2,2H3. The maximum Gasteiger partial charge on any atom is 0.270 e. The van der Waals surface area contributed by atoms with E-state index in [9.17, 15) is 8.78 Å². The topological polar surface area (TPSA) is 40.5 Å². The fourth-order valence-electron chi connectivity index (χ4n) is 4.79. The van der Waals surface area contributed by atoms with Crippen molar-refractivity contribution in [2.75, 3.05) is 16.8 Å². The lowest BCUT2D eigenvalue weighted by Crippen LogP contribution is -2.28. The zero-order valence-corrected chi connectivity index (χ0v) is 20.0. The summed E-state index contributed by atoms with van der Waals surface area (Å²) in [5.41, 5.74) is 5.82. The number of hydrogen-bond acceptors (Lipinski definition) is 4. The summed E-state index contributed by atoms with van der Waals surface area (Å²) in [6, 6.07) is 16.7. The first-order chi connectivity index (χ1) is 16.9. The van der Waals surface area contributed by atoms with Crippen molar-refractivity contribution < 1.29 is 8.78 Å². The van der Waals surface area contributed by atoms with E-state index in [1.807, 2.05) is 23.2 Å². The Balaban J connectivity index is 1.44. The van der Waals surface area contributed by atoms with Gasteiger partial charge in [0.1, 0.15) is 11.5 Å². The van der Waals surface area contributed by atoms with Gasteiger partial charge in [-0.15, -0.1) is 0 Å². The average molecular weight is 473 g/mol. The molecule has 35 heavy (non-hydrogen) atoms. The Hall–Kier alpha value is -3.54. The number of rotatable bonds is 5. The molecule has 1 N–H and O–H groups in total. The number of benzene rings is 2. The van der Waals surface area contributed by atoms with Crippen LogP contribution in [0.2, 0.25) is 0 Å². The summed E-state index contributed by atoms with van der Waals surface area (Å²) < 4.78 is 27.8. The van der Waals surface area contributed by atoms with Gasteiger partial charge in [-0.3, -0.25) is 4.99 Å². The molecule has 5 rings (SSSR count). The Bertz CT molecular complexity index is 1280. The van der Waals surface area contributed by atoms with Crippen molar-refractivity contribution in [1.29, 1.82) is 0 Å². The zero-order chi connectivity index (χ0) is 24.4. The van der Waals surface area contributed by atoms with Crippen LogP contribution >= 0.6 is 0 Å². The smallest absolute Gasteiger partial charge is 0.270 e. The van der Waals surface area contributed by atoms with Crippen LogP contribution in [-0.4, -0.2) is 17.7 Å². The van der Waals surface area contributed by atoms with Gasteiger partial charge < -0.3 is 10.2 Å². The predicted octanol–water partition coefficient (Wildman–Crippen LogP) is 7.62. The summed E-state index contributed by atoms with van der Waals surface area (Å²) in [5, 5.41) is 3.48. The van der Waals surface area contributed by atoms with Crippen molar-refractivity contribution in [2.45, 2.75) is 51.4 Å². The molecule has 1 aromatic heterocycles. The summed E-state index contributed by atoms with van der Waals surface area (Å²) >= 11 is 0. The van der Waals surface area contributed by atoms with Crippen LogP contribution in [0.1, 0.15) is 49.3 Å². The van der Waals surface area contributed by atoms with Crippen LogP contribution in [0.4, 0.5) is 26.0 Å². The number of anilines is 2. The molecule has 0 fully saturated rings. The normalized spacial score (nSPS) is 15.6. The fraction of sp³-hybridized carbons (Fsp3) is 0.310. The van der Waals surface area contributed by atoms with Crippen LogP contribution in [0.25, 0.3) is 11.3 Å². The SMILES string of the molecule is C=C(Nc1ccc2c(c1)CCCCC2)N1CCC=Nc2ccc(-c3cccc(C(C)(F)F)c3)nc21. The van der Waals surface area contributed by atoms with Crippen LogP contribution in [0.5, 0.6) is 0 Å². The van der Waals surface area contributed by atoms with E-state index in [2.05, 4.69) is 35.1 Å². The second-order valence-electron chi connectivity index (χ2n) is 9.38. The number of fused-ring (bicyclic) bond motifs is 2. The third-order valence-corrected chi connectivity index (χ3v) is 6.70. The molecule has 0 bridgehead atoms. The van der Waals surface area contributed by atoms with Crippen molar-refractivity contribution in [2.24, 2.45) is 4.99 Å². The van der Waals surface area contributed by atoms with Gasteiger partial charge in [-0.1, -0.05) is 37.3 Å². The monoisotopic (exact) mass is 472 g/mol. The molecule has 0 saturated heterocycles. The second-order valence-corrected chi connectivity index (χ2v) is 9.38. The highest BCUT2D eigenvalue weighted by Gasteiger charge is 2.25. The molecule has 1 aliphatic carbocycles. The van der Waals surface area contributed by atoms with Crippen molar-refractivity contribution in [3.05, 3.63) is 83.7 Å². The van der Waals surface area contributed by atoms with Gasteiger partial charge in [-0.25, -0.2) is 13.8 Å². The van der Waals surface area contributed by atoms with Crippen LogP contribution in [0.15, 0.2) is 72.0 Å². The molecule has 2 heterocycles. The molecular formula is C29H30F2N4. The minimum Gasteiger partial charge on any atom is -0.342 e. The minimum atomic E-state index is -2.91. The maximum atomic E-state index is 13.9. The number of nitrogens with one attached hydrogen (secondary N) is 1. The quantitative estimate of drug-likeness (QED) is 0.388. The van der Waals surface area contributed by atoms with E-state index in [-0.39, 0.29) is 5.56 Å². The van der Waals surface area contributed by atoms with Crippen LogP contribution in [0.3, 0.4) is 0 Å². The second kappa shape index (κ2) is 9.61. The van der Waals surface area contributed by atoms with E-state index in [4.69, 9.17) is 4.98 Å². The summed E-state index contributed by atoms with van der Waals surface area (Å²) in [4.78, 5) is 11.5. The molecule has 180 valence electrons. The van der Waals surface area contributed by atoms with Crippen molar-refractivity contribution in [1.82, 2.24) is 4.98 Å². The molecule has 0 spiro atoms. The Morgan fingerprint density at radius 1 is 1.00 bits per heavy atom. The summed E-state index contributed by atoms with van der Waals surface area (Å²) in [5.74, 6) is -1.54. The van der Waals surface area contributed by atoms with E-state index in [0.29, 0.717) is 29.4 Å². The lowest BCUT2D eigenvalue weighted by Gasteiger charge is -2.27. The Morgan fingerprint density at radius 2 is 1.83 bits per heavy atom. The summed E-state index contributed by atoms with van der Waals surface area (Å²) in [6.07, 6.45) is 8.64. The molecular weight excluding hydrogens is 442 g/mol. The predicted molar refractivity (Wildman–Crippen MR) is 140 cm³/mol. The van der Waals surface area contributed by atoms with Gasteiger partial charge in [0, 0.05) is 42.9 Å². The maximum absolute atomic E-state index is 13.9. The largest absolute Gasteiger partial charge is 0.342 e. The van der Waals surface area contributed by atoms with Gasteiger partial charge in [-0.2, -0.15) is 0 Å². The van der Waals surface area contributed by atoms with Crippen LogP contribution in [0, 0.1) is 0 Å². The highest BCUT2D eigenvalue weighted by Crippen LogP contribution is 2.35. The number of aryl methyl sites for hydroxylation is 2. The molecule has 0 radical (unpaired) electrons. The van der Waals surface area contributed by atoms with Gasteiger partial charge in [0.2, 0.25) is 0 Å². The van der Waals surface area contributed by atoms with Crippen molar-refractivity contribution >= 4 is 23.4 Å². The molecule has 1 aliphatic heterocycles. The number of aromatic nitrogens is 1. The van der Waals surface area contributed by atoms with Gasteiger partial charge >= 0.3 is 0 Å². The van der Waals surface area contributed by atoms with Gasteiger partial charge in [0.25, 0.3) is 5.92 Å². The zero-order valence-electron chi connectivity index (χ0n) is 20.0. The number of nitrogens with zero attached hydrogens (tertiary/aromatic N) is 3. The van der Waals surface area contributed by atoms with Crippen molar-refractivity contribution in [3.63, 3.8) is 0 Å². The molecule has 0 atom stereocenters. The highest BCUT2D eigenvalue weighted by atomic mass is 19.3. The lowest BCUT2D eigenvalue weighted by molar-refractivity contribution is 0.0175. The average Bonchev–Trinajstić information content (AvgIpc) is 3.21. The number of pyridine rings is 1. The lowest BCUT2D eigenvalue weighted by atomic mass is 10.0. The molecule has 2 aliphatic rings.